The molecule has 3 aliphatic rings. The van der Waals surface area contributed by atoms with Crippen molar-refractivity contribution in [1.82, 2.24) is 15.5 Å². The minimum Gasteiger partial charge on any atom is -0.497 e. The summed E-state index contributed by atoms with van der Waals surface area (Å²) in [6, 6.07) is 9.74. The number of amides is 3. The van der Waals surface area contributed by atoms with E-state index in [2.05, 4.69) is 16.0 Å². The molecular weight excluding hydrogens is 448 g/mol. The predicted molar refractivity (Wildman–Crippen MR) is 131 cm³/mol. The lowest BCUT2D eigenvalue weighted by molar-refractivity contribution is -0.127. The van der Waals surface area contributed by atoms with Crippen LogP contribution < -0.4 is 25.4 Å². The Balaban J connectivity index is 1.41. The first kappa shape index (κ1) is 23.2. The lowest BCUT2D eigenvalue weighted by Gasteiger charge is -2.27. The molecule has 5 rings (SSSR count). The molecule has 3 N–H and O–H groups in total. The zero-order chi connectivity index (χ0) is 24.5. The van der Waals surface area contributed by atoms with E-state index in [1.54, 1.807) is 37.3 Å². The van der Waals surface area contributed by atoms with Gasteiger partial charge in [0, 0.05) is 24.1 Å². The third kappa shape index (κ3) is 4.32. The van der Waals surface area contributed by atoms with E-state index in [4.69, 9.17) is 9.47 Å². The molecule has 35 heavy (non-hydrogen) atoms. The highest BCUT2D eigenvalue weighted by Crippen LogP contribution is 2.37. The Morgan fingerprint density at radius 3 is 2.54 bits per heavy atom. The van der Waals surface area contributed by atoms with Gasteiger partial charge in [-0.15, -0.1) is 0 Å². The van der Waals surface area contributed by atoms with Crippen molar-refractivity contribution in [3.8, 4) is 22.6 Å². The van der Waals surface area contributed by atoms with Crippen LogP contribution in [0.2, 0.25) is 0 Å². The van der Waals surface area contributed by atoms with Crippen molar-refractivity contribution in [3.63, 3.8) is 0 Å². The van der Waals surface area contributed by atoms with Crippen LogP contribution in [-0.2, 0) is 9.59 Å². The van der Waals surface area contributed by atoms with Gasteiger partial charge in [0.25, 0.3) is 5.91 Å². The van der Waals surface area contributed by atoms with Crippen LogP contribution in [0, 0.1) is 5.92 Å². The molecule has 2 aromatic carbocycles. The topological polar surface area (TPSA) is 109 Å². The maximum Gasteiger partial charge on any atom is 0.256 e. The number of hydrogen-bond acceptors (Lipinski definition) is 6. The van der Waals surface area contributed by atoms with Crippen LogP contribution in [0.4, 0.5) is 5.69 Å². The molecule has 0 aliphatic carbocycles. The number of benzene rings is 2. The molecule has 2 aromatic rings. The summed E-state index contributed by atoms with van der Waals surface area (Å²) in [5, 5.41) is 9.24. The number of anilines is 1. The number of hydrogen-bond donors (Lipinski definition) is 3. The van der Waals surface area contributed by atoms with Crippen molar-refractivity contribution in [2.45, 2.75) is 31.3 Å². The average molecular weight is 479 g/mol. The van der Waals surface area contributed by atoms with Crippen LogP contribution in [0.3, 0.4) is 0 Å². The van der Waals surface area contributed by atoms with Crippen LogP contribution in [0.5, 0.6) is 11.5 Å². The highest BCUT2D eigenvalue weighted by atomic mass is 16.5. The van der Waals surface area contributed by atoms with Gasteiger partial charge in [-0.05, 0) is 62.2 Å². The summed E-state index contributed by atoms with van der Waals surface area (Å²) in [5.41, 5.74) is 2.49. The van der Waals surface area contributed by atoms with Crippen molar-refractivity contribution >= 4 is 23.4 Å². The minimum absolute atomic E-state index is 0.0331. The third-order valence-corrected chi connectivity index (χ3v) is 7.19. The molecule has 0 spiro atoms. The Bertz CT molecular complexity index is 1160. The Kier molecular flexibility index (Phi) is 6.34. The third-order valence-electron chi connectivity index (χ3n) is 7.19. The van der Waals surface area contributed by atoms with Gasteiger partial charge in [-0.1, -0.05) is 6.07 Å². The quantitative estimate of drug-likeness (QED) is 0.607. The van der Waals surface area contributed by atoms with Crippen LogP contribution in [-0.4, -0.2) is 68.6 Å². The Morgan fingerprint density at radius 2 is 1.80 bits per heavy atom. The highest BCUT2D eigenvalue weighted by Gasteiger charge is 2.45. The minimum atomic E-state index is -0.737. The zero-order valence-electron chi connectivity index (χ0n) is 19.9. The first-order valence-electron chi connectivity index (χ1n) is 12.0. The van der Waals surface area contributed by atoms with Crippen molar-refractivity contribution in [3.05, 3.63) is 42.0 Å². The number of carbonyl (C=O) groups excluding carboxylic acids is 3. The standard InChI is InChI=1S/C26H30N4O5/c1-34-17-4-5-18(22(14-17)35-2)16-3-6-20-19(13-16)26(33)30-12-9-21(23(30)25(32)28-20)29-24(31)15-7-10-27-11-8-15/h3-6,13-15,21,23,27H,7-12H2,1-2H3,(H,28,32)(H,29,31). The second-order valence-corrected chi connectivity index (χ2v) is 9.19. The number of rotatable bonds is 5. The summed E-state index contributed by atoms with van der Waals surface area (Å²) in [6.45, 7) is 2.03. The molecule has 2 fully saturated rings. The van der Waals surface area contributed by atoms with Gasteiger partial charge >= 0.3 is 0 Å². The van der Waals surface area contributed by atoms with Gasteiger partial charge in [-0.3, -0.25) is 14.4 Å². The lowest BCUT2D eigenvalue weighted by atomic mass is 9.96. The summed E-state index contributed by atoms with van der Waals surface area (Å²) in [6.07, 6.45) is 2.10. The maximum absolute atomic E-state index is 13.6. The van der Waals surface area contributed by atoms with Crippen molar-refractivity contribution in [1.29, 1.82) is 0 Å². The first-order valence-corrected chi connectivity index (χ1v) is 12.0. The molecule has 9 heteroatoms. The largest absolute Gasteiger partial charge is 0.497 e. The molecule has 2 atom stereocenters. The molecule has 2 unspecified atom stereocenters. The molecule has 3 heterocycles. The zero-order valence-corrected chi connectivity index (χ0v) is 19.9. The number of ether oxygens (including phenoxy) is 2. The Morgan fingerprint density at radius 1 is 1.00 bits per heavy atom. The van der Waals surface area contributed by atoms with E-state index < -0.39 is 12.1 Å². The number of nitrogens with zero attached hydrogens (tertiary/aromatic N) is 1. The number of nitrogens with one attached hydrogen (secondary N) is 3. The number of piperidine rings is 1. The SMILES string of the molecule is COc1ccc(-c2ccc3c(c2)C(=O)N2CCC(NC(=O)C4CCNCC4)C2C(=O)N3)c(OC)c1. The Hall–Kier alpha value is -3.59. The van der Waals surface area contributed by atoms with E-state index in [1.807, 2.05) is 18.2 Å². The molecular formula is C26H30N4O5. The van der Waals surface area contributed by atoms with Crippen LogP contribution >= 0.6 is 0 Å². The summed E-state index contributed by atoms with van der Waals surface area (Å²) in [7, 11) is 3.17. The number of fused-ring (bicyclic) bond motifs is 2. The number of methoxy groups -OCH3 is 2. The summed E-state index contributed by atoms with van der Waals surface area (Å²) < 4.78 is 10.8. The van der Waals surface area contributed by atoms with Gasteiger partial charge in [0.05, 0.1) is 31.5 Å². The predicted octanol–water partition coefficient (Wildman–Crippen LogP) is 2.02. The normalized spacial score (nSPS) is 22.1. The molecule has 0 radical (unpaired) electrons. The van der Waals surface area contributed by atoms with Crippen LogP contribution in [0.1, 0.15) is 29.6 Å². The Labute approximate surface area is 204 Å². The van der Waals surface area contributed by atoms with Crippen molar-refractivity contribution in [2.24, 2.45) is 5.92 Å². The fourth-order valence-electron chi connectivity index (χ4n) is 5.28. The molecule has 3 aliphatic heterocycles. The van der Waals surface area contributed by atoms with E-state index in [1.165, 1.54) is 0 Å². The first-order chi connectivity index (χ1) is 17.0. The average Bonchev–Trinajstić information content (AvgIpc) is 3.28. The van der Waals surface area contributed by atoms with E-state index in [9.17, 15) is 14.4 Å². The monoisotopic (exact) mass is 478 g/mol. The van der Waals surface area contributed by atoms with Gasteiger partial charge in [0.15, 0.2) is 0 Å². The molecule has 3 amide bonds. The van der Waals surface area contributed by atoms with Gasteiger partial charge < -0.3 is 30.3 Å². The summed E-state index contributed by atoms with van der Waals surface area (Å²) in [5.74, 6) is 0.690. The van der Waals surface area contributed by atoms with Gasteiger partial charge in [0.2, 0.25) is 11.8 Å². The lowest BCUT2D eigenvalue weighted by Crippen LogP contribution is -2.53. The van der Waals surface area contributed by atoms with Crippen molar-refractivity contribution < 1.29 is 23.9 Å². The van der Waals surface area contributed by atoms with Gasteiger partial charge in [-0.25, -0.2) is 0 Å². The maximum atomic E-state index is 13.6. The molecule has 0 bridgehead atoms. The molecule has 184 valence electrons. The van der Waals surface area contributed by atoms with E-state index in [0.29, 0.717) is 35.7 Å². The fourth-order valence-corrected chi connectivity index (χ4v) is 5.28. The van der Waals surface area contributed by atoms with Gasteiger partial charge in [0.1, 0.15) is 17.5 Å². The summed E-state index contributed by atoms with van der Waals surface area (Å²) >= 11 is 0. The molecule has 9 nitrogen and oxygen atoms in total. The molecule has 0 aromatic heterocycles. The van der Waals surface area contributed by atoms with Crippen LogP contribution in [0.15, 0.2) is 36.4 Å². The van der Waals surface area contributed by atoms with E-state index in [0.717, 1.165) is 37.1 Å². The van der Waals surface area contributed by atoms with Crippen LogP contribution in [0.25, 0.3) is 11.1 Å². The molecule has 2 saturated heterocycles. The molecule has 0 saturated carbocycles. The fraction of sp³-hybridized carbons (Fsp3) is 0.423. The second-order valence-electron chi connectivity index (χ2n) is 9.19. The van der Waals surface area contributed by atoms with E-state index >= 15 is 0 Å². The van der Waals surface area contributed by atoms with Gasteiger partial charge in [-0.2, -0.15) is 0 Å². The smallest absolute Gasteiger partial charge is 0.256 e. The van der Waals surface area contributed by atoms with Crippen molar-refractivity contribution in [2.75, 3.05) is 39.2 Å². The second kappa shape index (κ2) is 9.58. The summed E-state index contributed by atoms with van der Waals surface area (Å²) in [4.78, 5) is 41.2. The van der Waals surface area contributed by atoms with E-state index in [-0.39, 0.29) is 23.6 Å². The number of carbonyl (C=O) groups is 3. The highest BCUT2D eigenvalue weighted by molar-refractivity contribution is 6.11.